The number of hydrogen-bond donors (Lipinski definition) is 1. The molecule has 6 aromatic rings. The SMILES string of the molecule is COc1ccc(Cc2nc3cc(Cl)cc(CC(=O)O)c3o2)cc1OC1CCCC1.COc1ccc(Cc2nc3cc(Cl)cc(CC=O)c3o2)cc1OC1CCCC1. The summed E-state index contributed by atoms with van der Waals surface area (Å²) in [5, 5.41) is 10.1. The summed E-state index contributed by atoms with van der Waals surface area (Å²) in [6.07, 6.45) is 11.4. The number of aliphatic carboxylic acids is 1. The first kappa shape index (κ1) is 40.0. The van der Waals surface area contributed by atoms with Gasteiger partial charge < -0.3 is 37.7 Å². The maximum absolute atomic E-state index is 11.1. The fourth-order valence-electron chi connectivity index (χ4n) is 7.47. The highest BCUT2D eigenvalue weighted by atomic mass is 35.5. The number of halogens is 2. The average molecular weight is 816 g/mol. The van der Waals surface area contributed by atoms with E-state index in [1.54, 1.807) is 38.5 Å². The molecule has 2 aliphatic carbocycles. The van der Waals surface area contributed by atoms with E-state index in [0.717, 1.165) is 65.9 Å². The molecule has 8 rings (SSSR count). The number of methoxy groups -OCH3 is 2. The van der Waals surface area contributed by atoms with Gasteiger partial charge in [0.2, 0.25) is 0 Å². The molecule has 4 aromatic carbocycles. The molecule has 0 aliphatic heterocycles. The lowest BCUT2D eigenvalue weighted by atomic mass is 10.1. The predicted molar refractivity (Wildman–Crippen MR) is 217 cm³/mol. The third-order valence-electron chi connectivity index (χ3n) is 10.2. The van der Waals surface area contributed by atoms with E-state index in [9.17, 15) is 9.59 Å². The molecule has 2 aliphatic rings. The summed E-state index contributed by atoms with van der Waals surface area (Å²) in [5.41, 5.74) is 5.54. The number of carbonyl (C=O) groups excluding carboxylic acids is 1. The average Bonchev–Trinajstić information content (AvgIpc) is 4.01. The van der Waals surface area contributed by atoms with Crippen LogP contribution in [0.25, 0.3) is 22.2 Å². The number of hydrogen-bond acceptors (Lipinski definition) is 10. The Kier molecular flexibility index (Phi) is 12.9. The van der Waals surface area contributed by atoms with Gasteiger partial charge in [-0.15, -0.1) is 0 Å². The summed E-state index contributed by atoms with van der Waals surface area (Å²) in [6, 6.07) is 18.4. The molecule has 0 radical (unpaired) electrons. The van der Waals surface area contributed by atoms with Crippen molar-refractivity contribution in [1.82, 2.24) is 9.97 Å². The highest BCUT2D eigenvalue weighted by Gasteiger charge is 2.21. The van der Waals surface area contributed by atoms with Crippen LogP contribution in [0.3, 0.4) is 0 Å². The molecular formula is C44H44Cl2N2O9. The molecule has 13 heteroatoms. The number of oxazole rings is 2. The van der Waals surface area contributed by atoms with E-state index in [1.165, 1.54) is 25.7 Å². The Balaban J connectivity index is 0.000000174. The van der Waals surface area contributed by atoms with Gasteiger partial charge in [0, 0.05) is 40.4 Å². The number of ether oxygens (including phenoxy) is 4. The van der Waals surface area contributed by atoms with Gasteiger partial charge in [0.25, 0.3) is 0 Å². The minimum atomic E-state index is -0.949. The summed E-state index contributed by atoms with van der Waals surface area (Å²) in [5.74, 6) is 3.03. The summed E-state index contributed by atoms with van der Waals surface area (Å²) >= 11 is 12.2. The molecule has 2 aromatic heterocycles. The van der Waals surface area contributed by atoms with Gasteiger partial charge in [0.05, 0.1) is 32.8 Å². The van der Waals surface area contributed by atoms with Gasteiger partial charge in [-0.3, -0.25) is 4.79 Å². The zero-order valence-corrected chi connectivity index (χ0v) is 33.4. The summed E-state index contributed by atoms with van der Waals surface area (Å²) in [7, 11) is 3.28. The monoisotopic (exact) mass is 814 g/mol. The normalized spacial score (nSPS) is 14.5. The van der Waals surface area contributed by atoms with E-state index in [1.807, 2.05) is 36.4 Å². The first-order valence-electron chi connectivity index (χ1n) is 19.2. The van der Waals surface area contributed by atoms with Crippen LogP contribution in [0, 0.1) is 0 Å². The Hall–Kier alpha value is -5.26. The number of benzene rings is 4. The van der Waals surface area contributed by atoms with E-state index >= 15 is 0 Å². The molecule has 0 amide bonds. The van der Waals surface area contributed by atoms with Crippen LogP contribution in [-0.4, -0.2) is 53.8 Å². The van der Waals surface area contributed by atoms with Gasteiger partial charge in [-0.25, -0.2) is 9.97 Å². The molecule has 0 unspecified atom stereocenters. The van der Waals surface area contributed by atoms with Crippen LogP contribution in [0.2, 0.25) is 10.0 Å². The van der Waals surface area contributed by atoms with E-state index in [-0.39, 0.29) is 25.0 Å². The lowest BCUT2D eigenvalue weighted by Gasteiger charge is -2.16. The van der Waals surface area contributed by atoms with Crippen molar-refractivity contribution in [3.63, 3.8) is 0 Å². The Labute approximate surface area is 340 Å². The third kappa shape index (κ3) is 10.0. The van der Waals surface area contributed by atoms with Gasteiger partial charge in [-0.2, -0.15) is 0 Å². The largest absolute Gasteiger partial charge is 0.493 e. The molecular weight excluding hydrogens is 771 g/mol. The standard InChI is InChI=1S/C22H22ClNO5.C22H22ClNO4/c1-27-18-7-6-13(8-19(18)28-16-4-2-3-5-16)9-20-24-17-12-15(23)10-14(11-21(25)26)22(17)29-20;1-26-19-7-6-14(10-20(19)27-17-4-2-3-5-17)11-21-24-18-13-16(23)12-15(8-9-25)22(18)28-21/h6-8,10,12,16H,2-5,9,11H2,1H3,(H,25,26);6-7,9-10,12-13,17H,2-5,8,11H2,1H3. The van der Waals surface area contributed by atoms with Gasteiger partial charge >= 0.3 is 5.97 Å². The van der Waals surface area contributed by atoms with E-state index in [0.29, 0.717) is 68.2 Å². The number of carbonyl (C=O) groups is 2. The Bertz CT molecular complexity index is 2360. The Morgan fingerprint density at radius 2 is 1.16 bits per heavy atom. The fraction of sp³-hybridized carbons (Fsp3) is 0.364. The lowest BCUT2D eigenvalue weighted by Crippen LogP contribution is -2.11. The quantitative estimate of drug-likeness (QED) is 0.105. The van der Waals surface area contributed by atoms with Gasteiger partial charge in [-0.1, -0.05) is 35.3 Å². The van der Waals surface area contributed by atoms with E-state index in [2.05, 4.69) is 9.97 Å². The molecule has 57 heavy (non-hydrogen) atoms. The van der Waals surface area contributed by atoms with Crippen molar-refractivity contribution in [2.45, 2.75) is 89.3 Å². The summed E-state index contributed by atoms with van der Waals surface area (Å²) in [4.78, 5) is 31.1. The lowest BCUT2D eigenvalue weighted by molar-refractivity contribution is -0.136. The predicted octanol–water partition coefficient (Wildman–Crippen LogP) is 10.2. The second-order valence-corrected chi connectivity index (χ2v) is 15.2. The van der Waals surface area contributed by atoms with E-state index < -0.39 is 5.97 Å². The maximum Gasteiger partial charge on any atom is 0.307 e. The number of aromatic nitrogens is 2. The number of carboxylic acids is 1. The van der Waals surface area contributed by atoms with Gasteiger partial charge in [-0.05, 0) is 111 Å². The molecule has 0 spiro atoms. The van der Waals surface area contributed by atoms with Crippen molar-refractivity contribution in [2.75, 3.05) is 14.2 Å². The van der Waals surface area contributed by atoms with Crippen LogP contribution >= 0.6 is 23.2 Å². The third-order valence-corrected chi connectivity index (χ3v) is 10.6. The second-order valence-electron chi connectivity index (χ2n) is 14.4. The Morgan fingerprint density at radius 1 is 0.702 bits per heavy atom. The molecule has 298 valence electrons. The van der Waals surface area contributed by atoms with E-state index in [4.69, 9.17) is 56.1 Å². The first-order chi connectivity index (χ1) is 27.7. The minimum absolute atomic E-state index is 0.173. The van der Waals surface area contributed by atoms with Crippen LogP contribution in [-0.2, 0) is 35.3 Å². The smallest absolute Gasteiger partial charge is 0.307 e. The van der Waals surface area contributed by atoms with Crippen molar-refractivity contribution in [3.8, 4) is 23.0 Å². The molecule has 0 bridgehead atoms. The highest BCUT2D eigenvalue weighted by Crippen LogP contribution is 2.35. The molecule has 2 saturated carbocycles. The molecule has 2 fully saturated rings. The van der Waals surface area contributed by atoms with Crippen molar-refractivity contribution < 1.29 is 42.5 Å². The molecule has 11 nitrogen and oxygen atoms in total. The van der Waals surface area contributed by atoms with Crippen LogP contribution in [0.5, 0.6) is 23.0 Å². The molecule has 1 N–H and O–H groups in total. The van der Waals surface area contributed by atoms with Crippen LogP contribution in [0.15, 0.2) is 69.5 Å². The molecule has 2 heterocycles. The fourth-order valence-corrected chi connectivity index (χ4v) is 7.94. The molecule has 0 saturated heterocycles. The summed E-state index contributed by atoms with van der Waals surface area (Å²) < 4.78 is 35.0. The number of carboxylic acid groups (broad SMARTS) is 1. The number of rotatable bonds is 14. The highest BCUT2D eigenvalue weighted by molar-refractivity contribution is 6.31. The number of nitrogens with zero attached hydrogens (tertiary/aromatic N) is 2. The maximum atomic E-state index is 11.1. The summed E-state index contributed by atoms with van der Waals surface area (Å²) in [6.45, 7) is 0. The van der Waals surface area contributed by atoms with Crippen LogP contribution < -0.4 is 18.9 Å². The molecule has 0 atom stereocenters. The van der Waals surface area contributed by atoms with Gasteiger partial charge in [0.15, 0.2) is 45.9 Å². The van der Waals surface area contributed by atoms with Crippen LogP contribution in [0.1, 0.15) is 85.4 Å². The minimum Gasteiger partial charge on any atom is -0.493 e. The second kappa shape index (κ2) is 18.3. The number of fused-ring (bicyclic) bond motifs is 2. The number of aldehydes is 1. The topological polar surface area (TPSA) is 143 Å². The van der Waals surface area contributed by atoms with Crippen LogP contribution in [0.4, 0.5) is 0 Å². The zero-order chi connectivity index (χ0) is 39.9. The first-order valence-corrected chi connectivity index (χ1v) is 19.9. The van der Waals surface area contributed by atoms with Gasteiger partial charge in [0.1, 0.15) is 17.3 Å². The van der Waals surface area contributed by atoms with Crippen molar-refractivity contribution in [1.29, 1.82) is 0 Å². The van der Waals surface area contributed by atoms with Crippen molar-refractivity contribution >= 4 is 57.7 Å². The Morgan fingerprint density at radius 3 is 1.60 bits per heavy atom. The zero-order valence-electron chi connectivity index (χ0n) is 31.9. The van der Waals surface area contributed by atoms with Crippen molar-refractivity contribution in [2.24, 2.45) is 0 Å². The van der Waals surface area contributed by atoms with Crippen molar-refractivity contribution in [3.05, 3.63) is 105 Å².